The minimum atomic E-state index is -0.421. The number of aromatic nitrogens is 5. The van der Waals surface area contributed by atoms with E-state index >= 15 is 0 Å². The number of para-hydroxylation sites is 2. The Kier molecular flexibility index (Phi) is 4.37. The zero-order valence-electron chi connectivity index (χ0n) is 17.0. The number of aryl methyl sites for hydroxylation is 1. The van der Waals surface area contributed by atoms with Crippen LogP contribution in [-0.4, -0.2) is 30.2 Å². The summed E-state index contributed by atoms with van der Waals surface area (Å²) in [5, 5.41) is 0. The molecule has 0 unspecified atom stereocenters. The minimum absolute atomic E-state index is 0.328. The van der Waals surface area contributed by atoms with Crippen molar-refractivity contribution < 1.29 is 4.74 Å². The van der Waals surface area contributed by atoms with E-state index < -0.39 is 11.2 Å². The van der Waals surface area contributed by atoms with E-state index in [1.165, 1.54) is 11.6 Å². The third-order valence-electron chi connectivity index (χ3n) is 5.43. The molecule has 0 aliphatic heterocycles. The highest BCUT2D eigenvalue weighted by molar-refractivity contribution is 9.10. The summed E-state index contributed by atoms with van der Waals surface area (Å²) in [7, 11) is 4.69. The summed E-state index contributed by atoms with van der Waals surface area (Å²) in [6, 6.07) is 15.5. The summed E-state index contributed by atoms with van der Waals surface area (Å²) >= 11 is 3.48. The van der Waals surface area contributed by atoms with Gasteiger partial charge in [-0.05, 0) is 24.3 Å². The number of halogens is 1. The second kappa shape index (κ2) is 6.98. The molecular weight excluding hydrogens is 462 g/mol. The van der Waals surface area contributed by atoms with Gasteiger partial charge in [0.2, 0.25) is 5.78 Å². The fraction of sp³-hybridized carbons (Fsp3) is 0.136. The Hall–Kier alpha value is -3.59. The van der Waals surface area contributed by atoms with E-state index in [0.717, 1.165) is 26.0 Å². The molecule has 31 heavy (non-hydrogen) atoms. The summed E-state index contributed by atoms with van der Waals surface area (Å²) in [6.45, 7) is 0. The van der Waals surface area contributed by atoms with Crippen LogP contribution >= 0.6 is 15.9 Å². The molecule has 156 valence electrons. The normalized spacial score (nSPS) is 11.5. The Balaban J connectivity index is 1.98. The lowest BCUT2D eigenvalue weighted by atomic mass is 10.1. The smallest absolute Gasteiger partial charge is 0.332 e. The van der Waals surface area contributed by atoms with Crippen molar-refractivity contribution in [2.75, 3.05) is 7.11 Å². The molecule has 9 heteroatoms. The van der Waals surface area contributed by atoms with Crippen molar-refractivity contribution >= 4 is 32.9 Å². The Morgan fingerprint density at radius 1 is 0.968 bits per heavy atom. The van der Waals surface area contributed by atoms with Crippen molar-refractivity contribution in [2.45, 2.75) is 0 Å². The topological polar surface area (TPSA) is 75.5 Å². The average molecular weight is 480 g/mol. The van der Waals surface area contributed by atoms with Gasteiger partial charge >= 0.3 is 5.69 Å². The fourth-order valence-electron chi connectivity index (χ4n) is 3.85. The molecule has 0 bridgehead atoms. The number of methoxy groups -OCH3 is 1. The molecule has 0 saturated heterocycles. The van der Waals surface area contributed by atoms with Crippen molar-refractivity contribution in [3.8, 4) is 22.7 Å². The predicted octanol–water partition coefficient (Wildman–Crippen LogP) is 3.11. The van der Waals surface area contributed by atoms with Crippen LogP contribution in [0, 0.1) is 0 Å². The van der Waals surface area contributed by atoms with Gasteiger partial charge in [-0.15, -0.1) is 0 Å². The van der Waals surface area contributed by atoms with Crippen LogP contribution in [0.5, 0.6) is 5.75 Å². The Morgan fingerprint density at radius 2 is 1.68 bits per heavy atom. The van der Waals surface area contributed by atoms with Gasteiger partial charge in [0.05, 0.1) is 18.5 Å². The van der Waals surface area contributed by atoms with E-state index in [0.29, 0.717) is 22.7 Å². The highest BCUT2D eigenvalue weighted by atomic mass is 79.9. The monoisotopic (exact) mass is 479 g/mol. The average Bonchev–Trinajstić information content (AvgIpc) is 3.33. The maximum absolute atomic E-state index is 13.0. The molecule has 0 saturated carbocycles. The lowest BCUT2D eigenvalue weighted by Gasteiger charge is -2.13. The number of ether oxygens (including phenoxy) is 1. The first-order valence-electron chi connectivity index (χ1n) is 9.51. The SMILES string of the molecule is COc1ccccc1-n1c(-c2ccc(Br)cc2)cn2c3c(=O)n(C)c(=O)n(C)c3nc12. The highest BCUT2D eigenvalue weighted by Gasteiger charge is 2.22. The van der Waals surface area contributed by atoms with Crippen LogP contribution in [-0.2, 0) is 14.1 Å². The molecule has 0 spiro atoms. The van der Waals surface area contributed by atoms with Gasteiger partial charge in [-0.2, -0.15) is 4.98 Å². The van der Waals surface area contributed by atoms with Crippen molar-refractivity contribution in [2.24, 2.45) is 14.1 Å². The van der Waals surface area contributed by atoms with Gasteiger partial charge in [-0.25, -0.2) is 4.79 Å². The van der Waals surface area contributed by atoms with Gasteiger partial charge in [0.25, 0.3) is 5.56 Å². The number of hydrogen-bond acceptors (Lipinski definition) is 4. The van der Waals surface area contributed by atoms with Crippen LogP contribution < -0.4 is 16.0 Å². The lowest BCUT2D eigenvalue weighted by molar-refractivity contribution is 0.413. The van der Waals surface area contributed by atoms with Gasteiger partial charge < -0.3 is 4.74 Å². The third kappa shape index (κ3) is 2.77. The van der Waals surface area contributed by atoms with Gasteiger partial charge in [-0.1, -0.05) is 40.2 Å². The molecule has 0 amide bonds. The summed E-state index contributed by atoms with van der Waals surface area (Å²) in [5.41, 5.74) is 2.39. The van der Waals surface area contributed by atoms with E-state index in [1.807, 2.05) is 59.3 Å². The Bertz CT molecular complexity index is 1590. The van der Waals surface area contributed by atoms with Crippen molar-refractivity contribution in [1.29, 1.82) is 0 Å². The number of hydrogen-bond donors (Lipinski definition) is 0. The van der Waals surface area contributed by atoms with Gasteiger partial charge in [0, 0.05) is 30.3 Å². The van der Waals surface area contributed by atoms with E-state index in [-0.39, 0.29) is 0 Å². The van der Waals surface area contributed by atoms with Crippen molar-refractivity contribution in [3.63, 3.8) is 0 Å². The lowest BCUT2D eigenvalue weighted by Crippen LogP contribution is -2.37. The first kappa shape index (κ1) is 19.4. The maximum atomic E-state index is 13.0. The van der Waals surface area contributed by atoms with E-state index in [4.69, 9.17) is 9.72 Å². The molecular formula is C22H18BrN5O3. The number of nitrogens with zero attached hydrogens (tertiary/aromatic N) is 5. The zero-order chi connectivity index (χ0) is 21.9. The van der Waals surface area contributed by atoms with Crippen LogP contribution in [0.1, 0.15) is 0 Å². The van der Waals surface area contributed by atoms with E-state index in [2.05, 4.69) is 15.9 Å². The summed E-state index contributed by atoms with van der Waals surface area (Å²) < 4.78 is 12.7. The third-order valence-corrected chi connectivity index (χ3v) is 5.96. The fourth-order valence-corrected chi connectivity index (χ4v) is 4.11. The van der Waals surface area contributed by atoms with Crippen molar-refractivity contribution in [3.05, 3.63) is 80.0 Å². The first-order chi connectivity index (χ1) is 14.9. The molecule has 5 aromatic rings. The predicted molar refractivity (Wildman–Crippen MR) is 122 cm³/mol. The quantitative estimate of drug-likeness (QED) is 0.398. The minimum Gasteiger partial charge on any atom is -0.495 e. The summed E-state index contributed by atoms with van der Waals surface area (Å²) in [5.74, 6) is 1.17. The number of benzene rings is 2. The molecule has 3 heterocycles. The zero-order valence-corrected chi connectivity index (χ0v) is 18.6. The maximum Gasteiger partial charge on any atom is 0.332 e. The van der Waals surface area contributed by atoms with Crippen LogP contribution in [0.3, 0.4) is 0 Å². The molecule has 5 rings (SSSR count). The molecule has 0 atom stereocenters. The van der Waals surface area contributed by atoms with Crippen LogP contribution in [0.25, 0.3) is 33.9 Å². The molecule has 0 N–H and O–H groups in total. The molecule has 8 nitrogen and oxygen atoms in total. The van der Waals surface area contributed by atoms with Crippen LogP contribution in [0.15, 0.2) is 68.8 Å². The van der Waals surface area contributed by atoms with Crippen LogP contribution in [0.4, 0.5) is 0 Å². The number of fused-ring (bicyclic) bond motifs is 3. The summed E-state index contributed by atoms with van der Waals surface area (Å²) in [6.07, 6.45) is 1.87. The van der Waals surface area contributed by atoms with Crippen LogP contribution in [0.2, 0.25) is 0 Å². The number of rotatable bonds is 3. The molecule has 0 radical (unpaired) electrons. The molecule has 2 aromatic carbocycles. The largest absolute Gasteiger partial charge is 0.495 e. The highest BCUT2D eigenvalue weighted by Crippen LogP contribution is 2.33. The van der Waals surface area contributed by atoms with Gasteiger partial charge in [-0.3, -0.25) is 22.9 Å². The Labute approximate surface area is 184 Å². The Morgan fingerprint density at radius 3 is 2.39 bits per heavy atom. The second-order valence-corrected chi connectivity index (χ2v) is 8.10. The molecule has 0 aliphatic carbocycles. The van der Waals surface area contributed by atoms with Gasteiger partial charge in [0.1, 0.15) is 5.75 Å². The first-order valence-corrected chi connectivity index (χ1v) is 10.3. The standard InChI is InChI=1S/C22H18BrN5O3/c1-25-19-18(20(29)26(2)22(25)30)27-12-16(13-8-10-14(23)11-9-13)28(21(27)24-19)15-6-4-5-7-17(15)31-3/h4-12H,1-3H3. The molecule has 3 aromatic heterocycles. The van der Waals surface area contributed by atoms with E-state index in [9.17, 15) is 9.59 Å². The van der Waals surface area contributed by atoms with Crippen molar-refractivity contribution in [1.82, 2.24) is 23.1 Å². The second-order valence-electron chi connectivity index (χ2n) is 7.19. The number of imidazole rings is 2. The molecule has 0 fully saturated rings. The molecule has 0 aliphatic rings. The van der Waals surface area contributed by atoms with E-state index in [1.54, 1.807) is 18.6 Å². The summed E-state index contributed by atoms with van der Waals surface area (Å²) in [4.78, 5) is 30.1. The van der Waals surface area contributed by atoms with Gasteiger partial charge in [0.15, 0.2) is 11.2 Å².